The smallest absolute Gasteiger partial charge is 0.232 e. The summed E-state index contributed by atoms with van der Waals surface area (Å²) in [4.78, 5) is 15.1. The van der Waals surface area contributed by atoms with Crippen molar-refractivity contribution in [3.63, 3.8) is 0 Å². The van der Waals surface area contributed by atoms with Crippen LogP contribution in [-0.4, -0.2) is 22.8 Å². The molecule has 0 aromatic carbocycles. The molecule has 1 aromatic heterocycles. The van der Waals surface area contributed by atoms with Crippen LogP contribution in [0.25, 0.3) is 0 Å². The van der Waals surface area contributed by atoms with Crippen molar-refractivity contribution < 1.29 is 4.79 Å². The van der Waals surface area contributed by atoms with E-state index >= 15 is 0 Å². The Morgan fingerprint density at radius 1 is 1.56 bits per heavy atom. The minimum Gasteiger partial charge on any atom is -0.393 e. The van der Waals surface area contributed by atoms with Gasteiger partial charge in [-0.1, -0.05) is 18.3 Å². The predicted molar refractivity (Wildman–Crippen MR) is 71.5 cm³/mol. The first-order chi connectivity index (χ1) is 7.45. The van der Waals surface area contributed by atoms with Gasteiger partial charge in [-0.2, -0.15) is 0 Å². The molecule has 1 amide bonds. The van der Waals surface area contributed by atoms with Gasteiger partial charge in [0.1, 0.15) is 0 Å². The second kappa shape index (κ2) is 5.41. The molecule has 3 nitrogen and oxygen atoms in total. The Hall–Kier alpha value is -0.940. The van der Waals surface area contributed by atoms with Crippen LogP contribution >= 0.6 is 23.6 Å². The second-order valence-corrected chi connectivity index (χ2v) is 5.22. The van der Waals surface area contributed by atoms with Crippen molar-refractivity contribution in [1.29, 1.82) is 0 Å². The molecule has 5 heteroatoms. The summed E-state index contributed by atoms with van der Waals surface area (Å²) in [6, 6.07) is 4.06. The van der Waals surface area contributed by atoms with Crippen LogP contribution in [0.2, 0.25) is 0 Å². The van der Waals surface area contributed by atoms with Crippen LogP contribution in [0.15, 0.2) is 17.5 Å². The van der Waals surface area contributed by atoms with E-state index in [2.05, 4.69) is 0 Å². The lowest BCUT2D eigenvalue weighted by Gasteiger charge is -2.26. The molecule has 0 aliphatic carbocycles. The largest absolute Gasteiger partial charge is 0.393 e. The fourth-order valence-electron chi connectivity index (χ4n) is 1.34. The number of carbonyl (C=O) groups is 1. The van der Waals surface area contributed by atoms with Gasteiger partial charge in [-0.15, -0.1) is 11.3 Å². The molecule has 2 atom stereocenters. The molecule has 1 heterocycles. The molecule has 0 bridgehead atoms. The van der Waals surface area contributed by atoms with Crippen molar-refractivity contribution in [2.24, 2.45) is 11.7 Å². The van der Waals surface area contributed by atoms with Crippen LogP contribution in [0.4, 0.5) is 0 Å². The minimum atomic E-state index is -0.401. The van der Waals surface area contributed by atoms with E-state index < -0.39 is 5.92 Å². The monoisotopic (exact) mass is 256 g/mol. The van der Waals surface area contributed by atoms with Gasteiger partial charge in [0.2, 0.25) is 5.91 Å². The van der Waals surface area contributed by atoms with Gasteiger partial charge >= 0.3 is 0 Å². The number of nitrogens with zero attached hydrogens (tertiary/aromatic N) is 1. The molecule has 0 aliphatic rings. The highest BCUT2D eigenvalue weighted by atomic mass is 32.1. The van der Waals surface area contributed by atoms with E-state index in [1.807, 2.05) is 24.4 Å². The van der Waals surface area contributed by atoms with Crippen molar-refractivity contribution in [2.45, 2.75) is 19.9 Å². The molecule has 0 saturated carbocycles. The molecular formula is C11H16N2OS2. The molecule has 1 rings (SSSR count). The molecule has 2 N–H and O–H groups in total. The number of carbonyl (C=O) groups excluding carboxylic acids is 1. The second-order valence-electron chi connectivity index (χ2n) is 3.76. The Balaban J connectivity index is 2.74. The van der Waals surface area contributed by atoms with E-state index in [0.29, 0.717) is 0 Å². The van der Waals surface area contributed by atoms with Gasteiger partial charge in [-0.3, -0.25) is 4.79 Å². The highest BCUT2D eigenvalue weighted by Crippen LogP contribution is 2.24. The molecule has 0 radical (unpaired) electrons. The number of hydrogen-bond donors (Lipinski definition) is 1. The molecule has 0 fully saturated rings. The normalized spacial score (nSPS) is 14.2. The summed E-state index contributed by atoms with van der Waals surface area (Å²) in [7, 11) is 1.78. The number of rotatable bonds is 4. The SMILES string of the molecule is CC(C(=O)N(C)C(C)c1cccs1)C(N)=S. The van der Waals surface area contributed by atoms with Crippen molar-refractivity contribution in [3.05, 3.63) is 22.4 Å². The lowest BCUT2D eigenvalue weighted by Crippen LogP contribution is -2.38. The molecule has 2 unspecified atom stereocenters. The average Bonchev–Trinajstić information content (AvgIpc) is 2.78. The summed E-state index contributed by atoms with van der Waals surface area (Å²) in [6.07, 6.45) is 0. The maximum absolute atomic E-state index is 12.0. The number of thiophene rings is 1. The maximum atomic E-state index is 12.0. The first kappa shape index (κ1) is 13.1. The molecule has 1 aromatic rings. The van der Waals surface area contributed by atoms with Crippen molar-refractivity contribution >= 4 is 34.5 Å². The van der Waals surface area contributed by atoms with Crippen molar-refractivity contribution in [1.82, 2.24) is 4.90 Å². The maximum Gasteiger partial charge on any atom is 0.232 e. The third-order valence-electron chi connectivity index (χ3n) is 2.68. The van der Waals surface area contributed by atoms with Crippen LogP contribution < -0.4 is 5.73 Å². The summed E-state index contributed by atoms with van der Waals surface area (Å²) in [5, 5.41) is 2.00. The first-order valence-corrected chi connectivity index (χ1v) is 6.33. The first-order valence-electron chi connectivity index (χ1n) is 5.04. The Bertz CT molecular complexity index is 375. The number of hydrogen-bond acceptors (Lipinski definition) is 3. The third kappa shape index (κ3) is 2.80. The lowest BCUT2D eigenvalue weighted by atomic mass is 10.1. The number of thiocarbonyl (C=S) groups is 1. The molecule has 0 saturated heterocycles. The number of amides is 1. The van der Waals surface area contributed by atoms with E-state index in [0.717, 1.165) is 4.88 Å². The van der Waals surface area contributed by atoms with E-state index in [1.54, 1.807) is 30.2 Å². The molecule has 0 spiro atoms. The van der Waals surface area contributed by atoms with Crippen molar-refractivity contribution in [2.75, 3.05) is 7.05 Å². The van der Waals surface area contributed by atoms with E-state index in [4.69, 9.17) is 18.0 Å². The Morgan fingerprint density at radius 3 is 2.62 bits per heavy atom. The van der Waals surface area contributed by atoms with Gasteiger partial charge in [0.25, 0.3) is 0 Å². The zero-order chi connectivity index (χ0) is 12.3. The van der Waals surface area contributed by atoms with Gasteiger partial charge in [0.15, 0.2) is 0 Å². The fourth-order valence-corrected chi connectivity index (χ4v) is 2.27. The molecule has 16 heavy (non-hydrogen) atoms. The Labute approximate surface area is 105 Å². The van der Waals surface area contributed by atoms with Crippen LogP contribution in [-0.2, 0) is 4.79 Å². The summed E-state index contributed by atoms with van der Waals surface area (Å²) in [6.45, 7) is 3.73. The Kier molecular flexibility index (Phi) is 4.44. The molecule has 0 aliphatic heterocycles. The van der Waals surface area contributed by atoms with E-state index in [9.17, 15) is 4.79 Å². The van der Waals surface area contributed by atoms with Crippen LogP contribution in [0.5, 0.6) is 0 Å². The zero-order valence-electron chi connectivity index (χ0n) is 9.64. The van der Waals surface area contributed by atoms with Crippen molar-refractivity contribution in [3.8, 4) is 0 Å². The lowest BCUT2D eigenvalue weighted by molar-refractivity contribution is -0.133. The van der Waals surface area contributed by atoms with Crippen LogP contribution in [0, 0.1) is 5.92 Å². The molecule has 88 valence electrons. The van der Waals surface area contributed by atoms with Gasteiger partial charge in [0, 0.05) is 11.9 Å². The molecular weight excluding hydrogens is 240 g/mol. The average molecular weight is 256 g/mol. The van der Waals surface area contributed by atoms with E-state index in [1.165, 1.54) is 0 Å². The van der Waals surface area contributed by atoms with Crippen LogP contribution in [0.1, 0.15) is 24.8 Å². The standard InChI is InChI=1S/C11H16N2OS2/c1-7(10(12)15)11(14)13(3)8(2)9-5-4-6-16-9/h4-8H,1-3H3,(H2,12,15). The zero-order valence-corrected chi connectivity index (χ0v) is 11.3. The van der Waals surface area contributed by atoms with E-state index in [-0.39, 0.29) is 16.9 Å². The fraction of sp³-hybridized carbons (Fsp3) is 0.455. The predicted octanol–water partition coefficient (Wildman–Crippen LogP) is 2.19. The number of nitrogens with two attached hydrogens (primary N) is 1. The summed E-state index contributed by atoms with van der Waals surface area (Å²) in [5.74, 6) is -0.434. The van der Waals surface area contributed by atoms with Gasteiger partial charge in [0.05, 0.1) is 16.9 Å². The summed E-state index contributed by atoms with van der Waals surface area (Å²) in [5.41, 5.74) is 5.48. The van der Waals surface area contributed by atoms with Gasteiger partial charge < -0.3 is 10.6 Å². The topological polar surface area (TPSA) is 46.3 Å². The van der Waals surface area contributed by atoms with Gasteiger partial charge in [-0.05, 0) is 25.3 Å². The third-order valence-corrected chi connectivity index (χ3v) is 4.08. The summed E-state index contributed by atoms with van der Waals surface area (Å²) < 4.78 is 0. The van der Waals surface area contributed by atoms with Crippen LogP contribution in [0.3, 0.4) is 0 Å². The van der Waals surface area contributed by atoms with Gasteiger partial charge in [-0.25, -0.2) is 0 Å². The minimum absolute atomic E-state index is 0.0339. The Morgan fingerprint density at radius 2 is 2.19 bits per heavy atom. The quantitative estimate of drug-likeness (QED) is 0.840. The highest BCUT2D eigenvalue weighted by molar-refractivity contribution is 7.80. The summed E-state index contributed by atoms with van der Waals surface area (Å²) >= 11 is 6.47. The highest BCUT2D eigenvalue weighted by Gasteiger charge is 2.24.